The minimum atomic E-state index is -0.386. The molecular weight excluding hydrogens is 284 g/mol. The monoisotopic (exact) mass is 308 g/mol. The second-order valence-corrected chi connectivity index (χ2v) is 5.04. The van der Waals surface area contributed by atoms with Crippen LogP contribution in [0.3, 0.4) is 0 Å². The molecule has 1 aromatic rings. The van der Waals surface area contributed by atoms with Crippen molar-refractivity contribution in [2.75, 3.05) is 46.6 Å². The SMILES string of the molecule is CCOC(=O)NCC(c1cccc(OC)c1)N1CCOCC1. The third-order valence-corrected chi connectivity index (χ3v) is 3.68. The van der Waals surface area contributed by atoms with Gasteiger partial charge in [0.1, 0.15) is 5.75 Å². The van der Waals surface area contributed by atoms with Gasteiger partial charge in [-0.15, -0.1) is 0 Å². The van der Waals surface area contributed by atoms with Gasteiger partial charge in [-0.1, -0.05) is 12.1 Å². The van der Waals surface area contributed by atoms with Crippen LogP contribution < -0.4 is 10.1 Å². The van der Waals surface area contributed by atoms with E-state index in [1.54, 1.807) is 14.0 Å². The second kappa shape index (κ2) is 8.60. The number of rotatable bonds is 6. The zero-order valence-electron chi connectivity index (χ0n) is 13.2. The van der Waals surface area contributed by atoms with Crippen molar-refractivity contribution >= 4 is 6.09 Å². The molecule has 0 aliphatic carbocycles. The number of morpholine rings is 1. The lowest BCUT2D eigenvalue weighted by Gasteiger charge is -2.34. The standard InChI is InChI=1S/C16H24N2O4/c1-3-22-16(19)17-12-15(18-7-9-21-10-8-18)13-5-4-6-14(11-13)20-2/h4-6,11,15H,3,7-10,12H2,1-2H3,(H,17,19). The first kappa shape index (κ1) is 16.6. The van der Waals surface area contributed by atoms with Crippen molar-refractivity contribution in [2.45, 2.75) is 13.0 Å². The van der Waals surface area contributed by atoms with Crippen LogP contribution >= 0.6 is 0 Å². The van der Waals surface area contributed by atoms with Gasteiger partial charge in [-0.25, -0.2) is 4.79 Å². The maximum atomic E-state index is 11.6. The number of amides is 1. The summed E-state index contributed by atoms with van der Waals surface area (Å²) in [5.74, 6) is 0.812. The van der Waals surface area contributed by atoms with Crippen LogP contribution in [0.2, 0.25) is 0 Å². The van der Waals surface area contributed by atoms with Crippen LogP contribution in [0.4, 0.5) is 4.79 Å². The lowest BCUT2D eigenvalue weighted by molar-refractivity contribution is 0.0160. The lowest BCUT2D eigenvalue weighted by atomic mass is 10.0. The molecule has 1 fully saturated rings. The summed E-state index contributed by atoms with van der Waals surface area (Å²) in [4.78, 5) is 13.9. The van der Waals surface area contributed by atoms with Gasteiger partial charge in [0, 0.05) is 19.6 Å². The molecule has 6 nitrogen and oxygen atoms in total. The number of nitrogens with zero attached hydrogens (tertiary/aromatic N) is 1. The summed E-state index contributed by atoms with van der Waals surface area (Å²) in [5, 5.41) is 2.83. The topological polar surface area (TPSA) is 60.0 Å². The van der Waals surface area contributed by atoms with Crippen molar-refractivity contribution in [1.29, 1.82) is 0 Å². The Labute approximate surface area is 131 Å². The van der Waals surface area contributed by atoms with Crippen LogP contribution in [0.1, 0.15) is 18.5 Å². The Balaban J connectivity index is 2.10. The Bertz CT molecular complexity index is 475. The minimum absolute atomic E-state index is 0.0726. The summed E-state index contributed by atoms with van der Waals surface area (Å²) in [7, 11) is 1.65. The molecule has 6 heteroatoms. The summed E-state index contributed by atoms with van der Waals surface area (Å²) in [5.41, 5.74) is 1.11. The van der Waals surface area contributed by atoms with Gasteiger partial charge in [0.05, 0.1) is 33.0 Å². The molecule has 122 valence electrons. The molecule has 1 aromatic carbocycles. The second-order valence-electron chi connectivity index (χ2n) is 5.04. The van der Waals surface area contributed by atoms with E-state index in [9.17, 15) is 4.79 Å². The van der Waals surface area contributed by atoms with Gasteiger partial charge in [0.25, 0.3) is 0 Å². The molecule has 1 saturated heterocycles. The van der Waals surface area contributed by atoms with Crippen LogP contribution in [0, 0.1) is 0 Å². The van der Waals surface area contributed by atoms with Crippen LogP contribution in [0.15, 0.2) is 24.3 Å². The Hall–Kier alpha value is -1.79. The number of nitrogens with one attached hydrogen (secondary N) is 1. The van der Waals surface area contributed by atoms with Gasteiger partial charge < -0.3 is 19.5 Å². The molecule has 1 aliphatic heterocycles. The minimum Gasteiger partial charge on any atom is -0.497 e. The first-order chi connectivity index (χ1) is 10.7. The summed E-state index contributed by atoms with van der Waals surface area (Å²) in [6.45, 7) is 5.75. The molecule has 2 rings (SSSR count). The molecule has 1 N–H and O–H groups in total. The van der Waals surface area contributed by atoms with E-state index in [0.29, 0.717) is 26.4 Å². The zero-order valence-corrected chi connectivity index (χ0v) is 13.2. The molecule has 0 radical (unpaired) electrons. The van der Waals surface area contributed by atoms with Crippen molar-refractivity contribution in [1.82, 2.24) is 10.2 Å². The fraction of sp³-hybridized carbons (Fsp3) is 0.562. The smallest absolute Gasteiger partial charge is 0.407 e. The Morgan fingerprint density at radius 3 is 2.86 bits per heavy atom. The predicted octanol–water partition coefficient (Wildman–Crippen LogP) is 1.81. The van der Waals surface area contributed by atoms with E-state index < -0.39 is 0 Å². The number of hydrogen-bond donors (Lipinski definition) is 1. The van der Waals surface area contributed by atoms with Gasteiger partial charge in [0.15, 0.2) is 0 Å². The summed E-state index contributed by atoms with van der Waals surface area (Å²) in [6.07, 6.45) is -0.386. The molecule has 1 heterocycles. The number of carbonyl (C=O) groups is 1. The first-order valence-corrected chi connectivity index (χ1v) is 7.61. The highest BCUT2D eigenvalue weighted by Crippen LogP contribution is 2.24. The highest BCUT2D eigenvalue weighted by molar-refractivity contribution is 5.67. The molecule has 1 atom stereocenters. The molecule has 0 spiro atoms. The maximum Gasteiger partial charge on any atom is 0.407 e. The molecular formula is C16H24N2O4. The van der Waals surface area contributed by atoms with E-state index in [-0.39, 0.29) is 12.1 Å². The number of methoxy groups -OCH3 is 1. The highest BCUT2D eigenvalue weighted by atomic mass is 16.5. The Morgan fingerprint density at radius 2 is 2.18 bits per heavy atom. The largest absolute Gasteiger partial charge is 0.497 e. The first-order valence-electron chi connectivity index (χ1n) is 7.61. The maximum absolute atomic E-state index is 11.6. The molecule has 1 unspecified atom stereocenters. The number of ether oxygens (including phenoxy) is 3. The van der Waals surface area contributed by atoms with E-state index in [1.807, 2.05) is 18.2 Å². The van der Waals surface area contributed by atoms with Crippen molar-refractivity contribution < 1.29 is 19.0 Å². The van der Waals surface area contributed by atoms with Gasteiger partial charge in [-0.05, 0) is 24.6 Å². The van der Waals surface area contributed by atoms with E-state index in [1.165, 1.54) is 0 Å². The predicted molar refractivity (Wildman–Crippen MR) is 83.2 cm³/mol. The third kappa shape index (κ3) is 4.61. The number of benzene rings is 1. The Kier molecular flexibility index (Phi) is 6.48. The van der Waals surface area contributed by atoms with Crippen molar-refractivity contribution in [3.8, 4) is 5.75 Å². The molecule has 0 bridgehead atoms. The van der Waals surface area contributed by atoms with Crippen molar-refractivity contribution in [2.24, 2.45) is 0 Å². The van der Waals surface area contributed by atoms with E-state index in [0.717, 1.165) is 24.4 Å². The summed E-state index contributed by atoms with van der Waals surface area (Å²) >= 11 is 0. The van der Waals surface area contributed by atoms with Crippen molar-refractivity contribution in [3.05, 3.63) is 29.8 Å². The zero-order chi connectivity index (χ0) is 15.8. The molecule has 1 amide bonds. The average molecular weight is 308 g/mol. The van der Waals surface area contributed by atoms with E-state index >= 15 is 0 Å². The Morgan fingerprint density at radius 1 is 1.41 bits per heavy atom. The van der Waals surface area contributed by atoms with Gasteiger partial charge in [-0.2, -0.15) is 0 Å². The molecule has 22 heavy (non-hydrogen) atoms. The molecule has 0 saturated carbocycles. The fourth-order valence-electron chi connectivity index (χ4n) is 2.56. The quantitative estimate of drug-likeness (QED) is 0.868. The van der Waals surface area contributed by atoms with Crippen LogP contribution in [-0.4, -0.2) is 57.6 Å². The van der Waals surface area contributed by atoms with Crippen LogP contribution in [0.25, 0.3) is 0 Å². The van der Waals surface area contributed by atoms with E-state index in [2.05, 4.69) is 16.3 Å². The third-order valence-electron chi connectivity index (χ3n) is 3.68. The van der Waals surface area contributed by atoms with Crippen LogP contribution in [0.5, 0.6) is 5.75 Å². The van der Waals surface area contributed by atoms with Crippen LogP contribution in [-0.2, 0) is 9.47 Å². The fourth-order valence-corrected chi connectivity index (χ4v) is 2.56. The molecule has 1 aliphatic rings. The van der Waals surface area contributed by atoms with E-state index in [4.69, 9.17) is 14.2 Å². The van der Waals surface area contributed by atoms with Crippen molar-refractivity contribution in [3.63, 3.8) is 0 Å². The number of hydrogen-bond acceptors (Lipinski definition) is 5. The summed E-state index contributed by atoms with van der Waals surface area (Å²) in [6, 6.07) is 8.01. The lowest BCUT2D eigenvalue weighted by Crippen LogP contribution is -2.43. The number of alkyl carbamates (subject to hydrolysis) is 1. The molecule has 0 aromatic heterocycles. The normalized spacial score (nSPS) is 16.8. The van der Waals surface area contributed by atoms with Gasteiger partial charge in [0.2, 0.25) is 0 Å². The highest BCUT2D eigenvalue weighted by Gasteiger charge is 2.23. The average Bonchev–Trinajstić information content (AvgIpc) is 2.56. The number of carbonyl (C=O) groups excluding carboxylic acids is 1. The van der Waals surface area contributed by atoms with Gasteiger partial charge >= 0.3 is 6.09 Å². The van der Waals surface area contributed by atoms with Gasteiger partial charge in [-0.3, -0.25) is 4.90 Å². The summed E-state index contributed by atoms with van der Waals surface area (Å²) < 4.78 is 15.7.